The van der Waals surface area contributed by atoms with Crippen molar-refractivity contribution in [2.45, 2.75) is 38.1 Å². The zero-order chi connectivity index (χ0) is 19.8. The van der Waals surface area contributed by atoms with E-state index in [1.807, 2.05) is 30.3 Å². The number of carbonyl (C=O) groups excluding carboxylic acids is 1. The third kappa shape index (κ3) is 2.96. The molecule has 0 bridgehead atoms. The average Bonchev–Trinajstić information content (AvgIpc) is 3.21. The molecule has 29 heavy (non-hydrogen) atoms. The molecule has 2 N–H and O–H groups in total. The zero-order valence-electron chi connectivity index (χ0n) is 16.6. The fourth-order valence-corrected chi connectivity index (χ4v) is 5.70. The van der Waals surface area contributed by atoms with Crippen molar-refractivity contribution in [2.24, 2.45) is 16.3 Å². The van der Waals surface area contributed by atoms with Crippen molar-refractivity contribution in [3.63, 3.8) is 0 Å². The first kappa shape index (κ1) is 18.4. The van der Waals surface area contributed by atoms with Crippen LogP contribution in [0, 0.1) is 11.3 Å². The summed E-state index contributed by atoms with van der Waals surface area (Å²) < 4.78 is 0. The molecule has 1 saturated carbocycles. The lowest BCUT2D eigenvalue weighted by molar-refractivity contribution is -0.128. The maximum absolute atomic E-state index is 14.0. The third-order valence-corrected chi connectivity index (χ3v) is 6.88. The largest absolute Gasteiger partial charge is 0.394 e. The van der Waals surface area contributed by atoms with E-state index in [1.165, 1.54) is 24.0 Å². The molecule has 5 nitrogen and oxygen atoms in total. The average molecular weight is 389 g/mol. The molecule has 2 fully saturated rings. The first-order chi connectivity index (χ1) is 14.2. The Kier molecular flexibility index (Phi) is 4.63. The van der Waals surface area contributed by atoms with E-state index < -0.39 is 0 Å². The van der Waals surface area contributed by atoms with Crippen LogP contribution in [-0.4, -0.2) is 30.1 Å². The van der Waals surface area contributed by atoms with Gasteiger partial charge in [0.1, 0.15) is 0 Å². The van der Waals surface area contributed by atoms with Crippen LogP contribution in [0.25, 0.3) is 0 Å². The molecule has 1 spiro atoms. The molecule has 1 heterocycles. The van der Waals surface area contributed by atoms with Crippen molar-refractivity contribution >= 4 is 17.6 Å². The summed E-state index contributed by atoms with van der Waals surface area (Å²) >= 11 is 0. The Morgan fingerprint density at radius 3 is 2.55 bits per heavy atom. The molecule has 1 saturated heterocycles. The second kappa shape index (κ2) is 7.30. The monoisotopic (exact) mass is 389 g/mol. The van der Waals surface area contributed by atoms with Gasteiger partial charge in [0.15, 0.2) is 0 Å². The third-order valence-electron chi connectivity index (χ3n) is 6.88. The number of aliphatic hydroxyl groups is 1. The summed E-state index contributed by atoms with van der Waals surface area (Å²) in [5.41, 5.74) is 3.41. The number of benzene rings is 2. The molecule has 5 rings (SSSR count). The number of rotatable bonds is 3. The Morgan fingerprint density at radius 1 is 1.07 bits per heavy atom. The van der Waals surface area contributed by atoms with E-state index in [1.54, 1.807) is 4.90 Å². The SMILES string of the molecule is O=C1C2C(NC(=NCCO)N1c1ccccc1)c1ccccc1CC21CCCC1. The first-order valence-corrected chi connectivity index (χ1v) is 10.6. The number of hydrogen-bond donors (Lipinski definition) is 2. The molecule has 2 unspecified atom stereocenters. The normalized spacial score (nSPS) is 26.3. The summed E-state index contributed by atoms with van der Waals surface area (Å²) in [5.74, 6) is 0.572. The van der Waals surface area contributed by atoms with Crippen LogP contribution in [0.3, 0.4) is 0 Å². The van der Waals surface area contributed by atoms with E-state index in [2.05, 4.69) is 34.6 Å². The molecule has 2 aliphatic carbocycles. The maximum Gasteiger partial charge on any atom is 0.239 e. The van der Waals surface area contributed by atoms with E-state index >= 15 is 0 Å². The number of aliphatic imine (C=N–C) groups is 1. The molecule has 2 aromatic carbocycles. The van der Waals surface area contributed by atoms with E-state index in [4.69, 9.17) is 0 Å². The van der Waals surface area contributed by atoms with Crippen LogP contribution >= 0.6 is 0 Å². The van der Waals surface area contributed by atoms with Gasteiger partial charge in [-0.05, 0) is 47.9 Å². The summed E-state index contributed by atoms with van der Waals surface area (Å²) in [4.78, 5) is 20.3. The molecule has 2 atom stereocenters. The number of aliphatic hydroxyl groups excluding tert-OH is 1. The number of amides is 1. The molecule has 1 aliphatic heterocycles. The van der Waals surface area contributed by atoms with Crippen molar-refractivity contribution in [1.29, 1.82) is 0 Å². The highest BCUT2D eigenvalue weighted by atomic mass is 16.3. The first-order valence-electron chi connectivity index (χ1n) is 10.6. The molecule has 5 heteroatoms. The van der Waals surface area contributed by atoms with Crippen molar-refractivity contribution in [3.05, 3.63) is 65.7 Å². The summed E-state index contributed by atoms with van der Waals surface area (Å²) in [6, 6.07) is 18.2. The minimum atomic E-state index is -0.104. The highest BCUT2D eigenvalue weighted by Gasteiger charge is 2.56. The van der Waals surface area contributed by atoms with Crippen molar-refractivity contribution < 1.29 is 9.90 Å². The van der Waals surface area contributed by atoms with Gasteiger partial charge in [-0.3, -0.25) is 14.7 Å². The number of guanidine groups is 1. The van der Waals surface area contributed by atoms with Gasteiger partial charge in [-0.1, -0.05) is 55.3 Å². The lowest BCUT2D eigenvalue weighted by Gasteiger charge is -2.51. The topological polar surface area (TPSA) is 64.9 Å². The Bertz CT molecular complexity index is 934. The van der Waals surface area contributed by atoms with Crippen LogP contribution in [0.1, 0.15) is 42.9 Å². The molecule has 0 aromatic heterocycles. The lowest BCUT2D eigenvalue weighted by atomic mass is 9.60. The summed E-state index contributed by atoms with van der Waals surface area (Å²) in [6.45, 7) is 0.222. The van der Waals surface area contributed by atoms with Crippen LogP contribution in [0.2, 0.25) is 0 Å². The van der Waals surface area contributed by atoms with Gasteiger partial charge in [0.2, 0.25) is 11.9 Å². The van der Waals surface area contributed by atoms with Crippen LogP contribution in [0.5, 0.6) is 0 Å². The molecular formula is C24H27N3O2. The Hall–Kier alpha value is -2.66. The predicted molar refractivity (Wildman–Crippen MR) is 114 cm³/mol. The maximum atomic E-state index is 14.0. The number of carbonyl (C=O) groups is 1. The van der Waals surface area contributed by atoms with Gasteiger partial charge in [0.05, 0.1) is 30.8 Å². The number of nitrogens with one attached hydrogen (secondary N) is 1. The second-order valence-corrected chi connectivity index (χ2v) is 8.48. The van der Waals surface area contributed by atoms with Crippen LogP contribution in [-0.2, 0) is 11.2 Å². The van der Waals surface area contributed by atoms with Gasteiger partial charge >= 0.3 is 0 Å². The predicted octanol–water partition coefficient (Wildman–Crippen LogP) is 3.45. The molecule has 150 valence electrons. The van der Waals surface area contributed by atoms with Crippen molar-refractivity contribution in [1.82, 2.24) is 5.32 Å². The summed E-state index contributed by atoms with van der Waals surface area (Å²) in [5, 5.41) is 13.0. The van der Waals surface area contributed by atoms with E-state index in [9.17, 15) is 9.90 Å². The standard InChI is InChI=1S/C24H27N3O2/c28-15-14-25-23-26-21-19-11-5-4-8-17(19)16-24(12-6-7-13-24)20(21)22(29)27(23)18-9-2-1-3-10-18/h1-5,8-11,20-21,28H,6-7,12-16H2,(H,25,26). The van der Waals surface area contributed by atoms with E-state index in [0.29, 0.717) is 5.96 Å². The Labute approximate surface area is 171 Å². The van der Waals surface area contributed by atoms with E-state index in [0.717, 1.165) is 24.9 Å². The second-order valence-electron chi connectivity index (χ2n) is 8.48. The Morgan fingerprint density at radius 2 is 1.79 bits per heavy atom. The molecular weight excluding hydrogens is 362 g/mol. The quantitative estimate of drug-likeness (QED) is 0.845. The Balaban J connectivity index is 1.65. The van der Waals surface area contributed by atoms with Gasteiger partial charge < -0.3 is 10.4 Å². The molecule has 2 aromatic rings. The summed E-state index contributed by atoms with van der Waals surface area (Å²) in [7, 11) is 0. The van der Waals surface area contributed by atoms with Crippen LogP contribution in [0.4, 0.5) is 5.69 Å². The van der Waals surface area contributed by atoms with Crippen LogP contribution in [0.15, 0.2) is 59.6 Å². The smallest absolute Gasteiger partial charge is 0.239 e. The minimum absolute atomic E-state index is 0.0125. The minimum Gasteiger partial charge on any atom is -0.394 e. The molecule has 3 aliphatic rings. The van der Waals surface area contributed by atoms with Gasteiger partial charge in [0.25, 0.3) is 0 Å². The van der Waals surface area contributed by atoms with Crippen molar-refractivity contribution in [2.75, 3.05) is 18.1 Å². The molecule has 1 amide bonds. The lowest BCUT2D eigenvalue weighted by Crippen LogP contribution is -2.62. The van der Waals surface area contributed by atoms with Gasteiger partial charge in [-0.25, -0.2) is 0 Å². The zero-order valence-corrected chi connectivity index (χ0v) is 16.6. The number of fused-ring (bicyclic) bond motifs is 4. The number of hydrogen-bond acceptors (Lipinski definition) is 3. The number of para-hydroxylation sites is 1. The highest BCUT2D eigenvalue weighted by Crippen LogP contribution is 2.56. The van der Waals surface area contributed by atoms with E-state index in [-0.39, 0.29) is 36.4 Å². The van der Waals surface area contributed by atoms with Gasteiger partial charge in [0, 0.05) is 0 Å². The fourth-order valence-electron chi connectivity index (χ4n) is 5.70. The fraction of sp³-hybridized carbons (Fsp3) is 0.417. The molecule has 0 radical (unpaired) electrons. The van der Waals surface area contributed by atoms with Gasteiger partial charge in [-0.15, -0.1) is 0 Å². The van der Waals surface area contributed by atoms with Gasteiger partial charge in [-0.2, -0.15) is 0 Å². The van der Waals surface area contributed by atoms with Crippen LogP contribution < -0.4 is 10.2 Å². The van der Waals surface area contributed by atoms with Crippen molar-refractivity contribution in [3.8, 4) is 0 Å². The highest BCUT2D eigenvalue weighted by molar-refractivity contribution is 6.19. The summed E-state index contributed by atoms with van der Waals surface area (Å²) in [6.07, 6.45) is 5.55. The number of nitrogens with zero attached hydrogens (tertiary/aromatic N) is 2. The number of anilines is 1.